The number of hydrogen-bond acceptors (Lipinski definition) is 6. The third-order valence-electron chi connectivity index (χ3n) is 3.39. The maximum atomic E-state index is 13.2. The van der Waals surface area contributed by atoms with E-state index in [2.05, 4.69) is 25.9 Å². The van der Waals surface area contributed by atoms with Crippen molar-refractivity contribution in [3.63, 3.8) is 0 Å². The van der Waals surface area contributed by atoms with Crippen LogP contribution >= 0.6 is 11.3 Å². The van der Waals surface area contributed by atoms with Gasteiger partial charge in [0, 0.05) is 4.88 Å². The van der Waals surface area contributed by atoms with E-state index in [1.807, 2.05) is 23.6 Å². The molecular weight excluding hydrogens is 315 g/mol. The summed E-state index contributed by atoms with van der Waals surface area (Å²) in [5.41, 5.74) is 1.53. The molecule has 1 aromatic carbocycles. The van der Waals surface area contributed by atoms with Crippen molar-refractivity contribution < 1.29 is 4.39 Å². The van der Waals surface area contributed by atoms with Gasteiger partial charge in [-0.2, -0.15) is 0 Å². The van der Waals surface area contributed by atoms with Gasteiger partial charge in [-0.25, -0.2) is 4.39 Å². The molecule has 0 bridgehead atoms. The summed E-state index contributed by atoms with van der Waals surface area (Å²) in [7, 11) is 0. The molecule has 4 aromatic rings. The largest absolute Gasteiger partial charge is 0.357 e. The molecule has 8 heteroatoms. The third kappa shape index (κ3) is 2.76. The molecule has 0 aliphatic heterocycles. The first-order valence-corrected chi connectivity index (χ1v) is 7.78. The van der Waals surface area contributed by atoms with E-state index in [1.165, 1.54) is 16.8 Å². The SMILES string of the molecule is Fc1ccc(C(Nc2ccc3nnnn3n2)c2cccs2)cc1. The smallest absolute Gasteiger partial charge is 0.200 e. The van der Waals surface area contributed by atoms with Crippen molar-refractivity contribution in [1.29, 1.82) is 0 Å². The molecule has 0 saturated heterocycles. The highest BCUT2D eigenvalue weighted by molar-refractivity contribution is 7.10. The molecular formula is C15H11FN6S. The van der Waals surface area contributed by atoms with Gasteiger partial charge in [-0.15, -0.1) is 26.2 Å². The molecule has 0 aliphatic rings. The van der Waals surface area contributed by atoms with Crippen LogP contribution in [0.25, 0.3) is 5.65 Å². The lowest BCUT2D eigenvalue weighted by Gasteiger charge is -2.18. The van der Waals surface area contributed by atoms with Crippen LogP contribution in [0.15, 0.2) is 53.9 Å². The van der Waals surface area contributed by atoms with Gasteiger partial charge in [-0.3, -0.25) is 0 Å². The Hall–Kier alpha value is -2.87. The van der Waals surface area contributed by atoms with Crippen LogP contribution in [0.1, 0.15) is 16.5 Å². The predicted octanol–water partition coefficient (Wildman–Crippen LogP) is 2.92. The Morgan fingerprint density at radius 3 is 2.74 bits per heavy atom. The van der Waals surface area contributed by atoms with Gasteiger partial charge in [0.15, 0.2) is 5.65 Å². The topological polar surface area (TPSA) is 68.0 Å². The summed E-state index contributed by atoms with van der Waals surface area (Å²) < 4.78 is 14.6. The van der Waals surface area contributed by atoms with Gasteiger partial charge in [0.1, 0.15) is 11.6 Å². The summed E-state index contributed by atoms with van der Waals surface area (Å²) in [4.78, 5) is 1.11. The fraction of sp³-hybridized carbons (Fsp3) is 0.0667. The van der Waals surface area contributed by atoms with Crippen LogP contribution in [-0.4, -0.2) is 25.3 Å². The van der Waals surface area contributed by atoms with Crippen LogP contribution in [0.5, 0.6) is 0 Å². The second-order valence-electron chi connectivity index (χ2n) is 4.89. The van der Waals surface area contributed by atoms with Crippen LogP contribution in [0.4, 0.5) is 10.2 Å². The molecule has 3 aromatic heterocycles. The number of benzene rings is 1. The number of nitrogens with one attached hydrogen (secondary N) is 1. The van der Waals surface area contributed by atoms with Crippen LogP contribution in [0, 0.1) is 5.82 Å². The number of thiophene rings is 1. The molecule has 1 N–H and O–H groups in total. The number of nitrogens with zero attached hydrogens (tertiary/aromatic N) is 5. The summed E-state index contributed by atoms with van der Waals surface area (Å²) in [5, 5.41) is 20.9. The number of rotatable bonds is 4. The van der Waals surface area contributed by atoms with Crippen molar-refractivity contribution >= 4 is 22.8 Å². The Kier molecular flexibility index (Phi) is 3.43. The monoisotopic (exact) mass is 326 g/mol. The summed E-state index contributed by atoms with van der Waals surface area (Å²) in [6, 6.07) is 13.9. The standard InChI is InChI=1S/C15H11FN6S/c16-11-5-3-10(4-6-11)15(12-2-1-9-23-12)17-13-7-8-14-18-20-21-22(14)19-13/h1-9,15H,(H,17,19). The van der Waals surface area contributed by atoms with Gasteiger partial charge >= 0.3 is 0 Å². The molecule has 0 spiro atoms. The third-order valence-corrected chi connectivity index (χ3v) is 4.33. The number of hydrogen-bond donors (Lipinski definition) is 1. The van der Waals surface area contributed by atoms with E-state index < -0.39 is 0 Å². The second kappa shape index (κ2) is 5.73. The lowest BCUT2D eigenvalue weighted by Crippen LogP contribution is -2.13. The van der Waals surface area contributed by atoms with E-state index in [9.17, 15) is 4.39 Å². The first-order valence-electron chi connectivity index (χ1n) is 6.90. The van der Waals surface area contributed by atoms with Gasteiger partial charge in [0.2, 0.25) is 0 Å². The van der Waals surface area contributed by atoms with Gasteiger partial charge in [-0.1, -0.05) is 18.2 Å². The van der Waals surface area contributed by atoms with E-state index in [4.69, 9.17) is 0 Å². The zero-order chi connectivity index (χ0) is 15.6. The summed E-state index contributed by atoms with van der Waals surface area (Å²) in [5.74, 6) is 0.374. The first kappa shape index (κ1) is 13.8. The van der Waals surface area contributed by atoms with E-state index >= 15 is 0 Å². The van der Waals surface area contributed by atoms with Gasteiger partial charge < -0.3 is 5.32 Å². The molecule has 1 atom stereocenters. The van der Waals surface area contributed by atoms with Crippen molar-refractivity contribution in [2.75, 3.05) is 5.32 Å². The normalized spacial score (nSPS) is 12.4. The van der Waals surface area contributed by atoms with Crippen molar-refractivity contribution in [1.82, 2.24) is 25.3 Å². The molecule has 0 aliphatic carbocycles. The number of aromatic nitrogens is 5. The van der Waals surface area contributed by atoms with Gasteiger partial charge in [0.05, 0.1) is 6.04 Å². The van der Waals surface area contributed by atoms with Crippen LogP contribution in [0.3, 0.4) is 0 Å². The highest BCUT2D eigenvalue weighted by atomic mass is 32.1. The number of fused-ring (bicyclic) bond motifs is 1. The Labute approximate surface area is 134 Å². The minimum Gasteiger partial charge on any atom is -0.357 e. The first-order chi connectivity index (χ1) is 11.3. The van der Waals surface area contributed by atoms with Crippen LogP contribution in [-0.2, 0) is 0 Å². The predicted molar refractivity (Wildman–Crippen MR) is 84.8 cm³/mol. The van der Waals surface area contributed by atoms with Crippen molar-refractivity contribution in [2.45, 2.75) is 6.04 Å². The molecule has 3 heterocycles. The van der Waals surface area contributed by atoms with E-state index in [0.29, 0.717) is 11.5 Å². The van der Waals surface area contributed by atoms with Gasteiger partial charge in [0.25, 0.3) is 0 Å². The van der Waals surface area contributed by atoms with E-state index in [-0.39, 0.29) is 11.9 Å². The number of anilines is 1. The van der Waals surface area contributed by atoms with Crippen molar-refractivity contribution in [3.8, 4) is 0 Å². The molecule has 23 heavy (non-hydrogen) atoms. The van der Waals surface area contributed by atoms with E-state index in [0.717, 1.165) is 10.4 Å². The summed E-state index contributed by atoms with van der Waals surface area (Å²) in [6.07, 6.45) is 0. The van der Waals surface area contributed by atoms with E-state index in [1.54, 1.807) is 29.5 Å². The Balaban J connectivity index is 1.71. The summed E-state index contributed by atoms with van der Waals surface area (Å²) in [6.45, 7) is 0. The summed E-state index contributed by atoms with van der Waals surface area (Å²) >= 11 is 1.62. The molecule has 1 unspecified atom stereocenters. The van der Waals surface area contributed by atoms with Crippen molar-refractivity contribution in [3.05, 3.63) is 70.2 Å². The Bertz CT molecular complexity index is 919. The van der Waals surface area contributed by atoms with Crippen LogP contribution in [0.2, 0.25) is 0 Å². The molecule has 6 nitrogen and oxygen atoms in total. The maximum Gasteiger partial charge on any atom is 0.200 e. The quantitative estimate of drug-likeness (QED) is 0.624. The minimum absolute atomic E-state index is 0.128. The van der Waals surface area contributed by atoms with Gasteiger partial charge in [-0.05, 0) is 51.7 Å². The van der Waals surface area contributed by atoms with Crippen LogP contribution < -0.4 is 5.32 Å². The average molecular weight is 326 g/mol. The Morgan fingerprint density at radius 2 is 1.96 bits per heavy atom. The van der Waals surface area contributed by atoms with Crippen molar-refractivity contribution in [2.24, 2.45) is 0 Å². The average Bonchev–Trinajstić information content (AvgIpc) is 3.24. The highest BCUT2D eigenvalue weighted by Gasteiger charge is 2.16. The molecule has 0 amide bonds. The number of tetrazole rings is 1. The minimum atomic E-state index is -0.257. The Morgan fingerprint density at radius 1 is 1.09 bits per heavy atom. The lowest BCUT2D eigenvalue weighted by molar-refractivity contribution is 0.626. The molecule has 4 rings (SSSR count). The lowest BCUT2D eigenvalue weighted by atomic mass is 10.1. The fourth-order valence-corrected chi connectivity index (χ4v) is 3.11. The zero-order valence-corrected chi connectivity index (χ0v) is 12.6. The fourth-order valence-electron chi connectivity index (χ4n) is 2.30. The zero-order valence-electron chi connectivity index (χ0n) is 11.8. The number of halogens is 1. The molecule has 0 fully saturated rings. The molecule has 0 radical (unpaired) electrons. The highest BCUT2D eigenvalue weighted by Crippen LogP contribution is 2.29. The molecule has 114 valence electrons. The maximum absolute atomic E-state index is 13.2. The second-order valence-corrected chi connectivity index (χ2v) is 5.87. The molecule has 0 saturated carbocycles.